The number of amides is 2. The number of esters is 1. The van der Waals surface area contributed by atoms with Gasteiger partial charge in [0, 0.05) is 44.9 Å². The molecule has 2 fully saturated rings. The van der Waals surface area contributed by atoms with Gasteiger partial charge in [-0.05, 0) is 24.5 Å². The van der Waals surface area contributed by atoms with E-state index in [1.54, 1.807) is 30.4 Å². The largest absolute Gasteiger partial charge is 0.507 e. The van der Waals surface area contributed by atoms with E-state index in [-0.39, 0.29) is 36.5 Å². The lowest BCUT2D eigenvalue weighted by Gasteiger charge is -2.45. The van der Waals surface area contributed by atoms with Crippen LogP contribution < -0.4 is 10.6 Å². The molecule has 0 aromatic heterocycles. The molecule has 4 unspecified atom stereocenters. The molecule has 252 valence electrons. The Morgan fingerprint density at radius 3 is 2.59 bits per heavy atom. The molecule has 2 bridgehead atoms. The molecule has 2 amide bonds. The zero-order valence-corrected chi connectivity index (χ0v) is 26.0. The minimum atomic E-state index is -1.45. The summed E-state index contributed by atoms with van der Waals surface area (Å²) in [5, 5.41) is 46.7. The number of rotatable bonds is 10. The molecule has 6 N–H and O–H groups in total. The molecule has 4 rings (SSSR count). The van der Waals surface area contributed by atoms with E-state index >= 15 is 0 Å². The van der Waals surface area contributed by atoms with Gasteiger partial charge < -0.3 is 50.0 Å². The Hall–Kier alpha value is -3.59. The monoisotopic (exact) mass is 644 g/mol. The van der Waals surface area contributed by atoms with Crippen LogP contribution in [0.25, 0.3) is 0 Å². The maximum Gasteiger partial charge on any atom is 0.342 e. The van der Waals surface area contributed by atoms with E-state index in [4.69, 9.17) is 18.9 Å². The summed E-state index contributed by atoms with van der Waals surface area (Å²) in [6.07, 6.45) is 4.94. The number of fused-ring (bicyclic) bond motifs is 3. The number of allylic oxidation sites excluding steroid dienone is 3. The number of nitrogens with one attached hydrogen (secondary N) is 2. The summed E-state index contributed by atoms with van der Waals surface area (Å²) in [5.41, 5.74) is 0.579. The van der Waals surface area contributed by atoms with Crippen molar-refractivity contribution >= 4 is 17.8 Å². The van der Waals surface area contributed by atoms with Crippen molar-refractivity contribution in [1.29, 1.82) is 0 Å². The molecule has 46 heavy (non-hydrogen) atoms. The molecule has 0 saturated carbocycles. The number of cyclic esters (lactones) is 1. The second-order valence-electron chi connectivity index (χ2n) is 11.7. The predicted molar refractivity (Wildman–Crippen MR) is 164 cm³/mol. The van der Waals surface area contributed by atoms with Crippen LogP contribution in [0.1, 0.15) is 61.9 Å². The van der Waals surface area contributed by atoms with Gasteiger partial charge in [0.2, 0.25) is 11.8 Å². The number of aliphatic hydroxyl groups excluding tert-OH is 3. The van der Waals surface area contributed by atoms with Crippen LogP contribution in [0.3, 0.4) is 0 Å². The van der Waals surface area contributed by atoms with Crippen molar-refractivity contribution in [3.63, 3.8) is 0 Å². The first-order chi connectivity index (χ1) is 22.1. The molecule has 13 heteroatoms. The molecule has 0 aliphatic carbocycles. The molecule has 1 aromatic carbocycles. The Kier molecular flexibility index (Phi) is 12.9. The van der Waals surface area contributed by atoms with E-state index in [2.05, 4.69) is 10.6 Å². The molecule has 13 nitrogen and oxygen atoms in total. The number of ether oxygens (including phenoxy) is 4. The quantitative estimate of drug-likeness (QED) is 0.122. The third-order valence-corrected chi connectivity index (χ3v) is 8.07. The molecule has 1 aromatic rings. The first-order valence-corrected chi connectivity index (χ1v) is 15.6. The summed E-state index contributed by atoms with van der Waals surface area (Å²) < 4.78 is 24.4. The molecule has 0 spiro atoms. The highest BCUT2D eigenvalue weighted by Crippen LogP contribution is 2.34. The van der Waals surface area contributed by atoms with E-state index in [0.29, 0.717) is 18.4 Å². The second kappa shape index (κ2) is 16.8. The lowest BCUT2D eigenvalue weighted by molar-refractivity contribution is -0.291. The lowest BCUT2D eigenvalue weighted by atomic mass is 9.90. The number of carbonyl (C=O) groups excluding carboxylic acids is 3. The second-order valence-corrected chi connectivity index (χ2v) is 11.7. The van der Waals surface area contributed by atoms with Crippen LogP contribution in [-0.4, -0.2) is 99.9 Å². The van der Waals surface area contributed by atoms with E-state index in [9.17, 15) is 34.8 Å². The van der Waals surface area contributed by atoms with Gasteiger partial charge in [-0.25, -0.2) is 4.79 Å². The van der Waals surface area contributed by atoms with Gasteiger partial charge in [0.05, 0.1) is 24.9 Å². The zero-order chi connectivity index (χ0) is 33.2. The molecule has 9 atom stereocenters. The summed E-state index contributed by atoms with van der Waals surface area (Å²) in [6.45, 7) is 2.69. The van der Waals surface area contributed by atoms with Gasteiger partial charge in [0.15, 0.2) is 6.29 Å². The van der Waals surface area contributed by atoms with Crippen molar-refractivity contribution < 1.29 is 53.8 Å². The van der Waals surface area contributed by atoms with Crippen LogP contribution in [0.5, 0.6) is 5.75 Å². The number of phenolic OH excluding ortho intramolecular Hbond substituents is 1. The number of aromatic hydroxyl groups is 1. The first-order valence-electron chi connectivity index (χ1n) is 15.6. The highest BCUT2D eigenvalue weighted by molar-refractivity contribution is 5.94. The number of benzene rings is 1. The van der Waals surface area contributed by atoms with E-state index in [0.717, 1.165) is 6.42 Å². The van der Waals surface area contributed by atoms with Crippen molar-refractivity contribution in [2.75, 3.05) is 6.61 Å². The van der Waals surface area contributed by atoms with Gasteiger partial charge in [-0.15, -0.1) is 0 Å². The highest BCUT2D eigenvalue weighted by atomic mass is 16.7. The van der Waals surface area contributed by atoms with Crippen molar-refractivity contribution in [2.24, 2.45) is 0 Å². The number of aliphatic hydroxyl groups is 3. The Labute approximate surface area is 267 Å². The Balaban J connectivity index is 1.53. The topological polar surface area (TPSA) is 193 Å². The SMILES string of the molecule is CC/C=C\C=C/C(=O)N/C=C/CC1CC2CC(O[C@@H]3O[C@H](CO)[C@@H](O)[C@H](O)[C@H]3NC(C)=O)CC(Cc3cccc(O)c3C(=O)O1)O2. The van der Waals surface area contributed by atoms with Gasteiger partial charge in [0.1, 0.15) is 41.8 Å². The predicted octanol–water partition coefficient (Wildman–Crippen LogP) is 1.28. The van der Waals surface area contributed by atoms with E-state index in [1.807, 2.05) is 13.0 Å². The molecule has 3 aliphatic rings. The number of hydrogen-bond donors (Lipinski definition) is 6. The average molecular weight is 645 g/mol. The fraction of sp³-hybridized carbons (Fsp3) is 0.545. The van der Waals surface area contributed by atoms with Crippen LogP contribution in [0.4, 0.5) is 0 Å². The van der Waals surface area contributed by atoms with Crippen LogP contribution in [0.15, 0.2) is 54.8 Å². The maximum absolute atomic E-state index is 13.3. The van der Waals surface area contributed by atoms with Crippen molar-refractivity contribution in [1.82, 2.24) is 10.6 Å². The molecule has 3 heterocycles. The van der Waals surface area contributed by atoms with Crippen molar-refractivity contribution in [3.05, 3.63) is 65.9 Å². The van der Waals surface area contributed by atoms with Crippen LogP contribution in [-0.2, 0) is 35.0 Å². The highest BCUT2D eigenvalue weighted by Gasteiger charge is 2.47. The third kappa shape index (κ3) is 9.47. The Morgan fingerprint density at radius 2 is 1.85 bits per heavy atom. The van der Waals surface area contributed by atoms with Gasteiger partial charge >= 0.3 is 5.97 Å². The molecular weight excluding hydrogens is 600 g/mol. The van der Waals surface area contributed by atoms with E-state index in [1.165, 1.54) is 25.3 Å². The van der Waals surface area contributed by atoms with Gasteiger partial charge in [-0.3, -0.25) is 9.59 Å². The van der Waals surface area contributed by atoms with Gasteiger partial charge in [-0.1, -0.05) is 43.4 Å². The standard InChI is InChI=1S/C33H44N2O11/c1-3-4-5-6-12-27(39)34-13-8-10-21-15-23-17-24(45-33-29(35-19(2)37)31(41)30(40)26(18-36)46-33)16-22(43-23)14-20-9-7-11-25(38)28(20)32(42)44-21/h4-9,11-13,21-24,26,29-31,33,36,38,40-41H,3,10,14-18H2,1-2H3,(H,34,39)(H,35,37)/b5-4-,12-6-,13-8+/t21?,22?,23?,24?,26-,29-,30-,31-,33-/m1/s1. The first kappa shape index (κ1) is 35.3. The van der Waals surface area contributed by atoms with E-state index < -0.39 is 73.5 Å². The Morgan fingerprint density at radius 1 is 1.07 bits per heavy atom. The minimum Gasteiger partial charge on any atom is -0.507 e. The van der Waals surface area contributed by atoms with Crippen LogP contribution in [0.2, 0.25) is 0 Å². The number of phenols is 1. The molecule has 3 aliphatic heterocycles. The fourth-order valence-corrected chi connectivity index (χ4v) is 5.94. The normalized spacial score (nSPS) is 31.8. The van der Waals surface area contributed by atoms with Gasteiger partial charge in [-0.2, -0.15) is 0 Å². The summed E-state index contributed by atoms with van der Waals surface area (Å²) in [7, 11) is 0. The zero-order valence-electron chi connectivity index (χ0n) is 26.0. The third-order valence-electron chi connectivity index (χ3n) is 8.07. The molecular formula is C33H44N2O11. The lowest BCUT2D eigenvalue weighted by Crippen LogP contribution is -2.65. The Bertz CT molecular complexity index is 1300. The average Bonchev–Trinajstić information content (AvgIpc) is 3.00. The van der Waals surface area contributed by atoms with Gasteiger partial charge in [0.25, 0.3) is 0 Å². The maximum atomic E-state index is 13.3. The van der Waals surface area contributed by atoms with Crippen molar-refractivity contribution in [3.8, 4) is 5.75 Å². The van der Waals surface area contributed by atoms with Crippen LogP contribution >= 0.6 is 0 Å². The molecule has 0 radical (unpaired) electrons. The van der Waals surface area contributed by atoms with Crippen LogP contribution in [0, 0.1) is 0 Å². The van der Waals surface area contributed by atoms with Crippen molar-refractivity contribution in [2.45, 2.75) is 107 Å². The smallest absolute Gasteiger partial charge is 0.342 e. The summed E-state index contributed by atoms with van der Waals surface area (Å²) in [4.78, 5) is 37.3. The minimum absolute atomic E-state index is 0.0457. The number of carbonyl (C=O) groups is 3. The number of hydrogen-bond acceptors (Lipinski definition) is 11. The summed E-state index contributed by atoms with van der Waals surface area (Å²) in [5.74, 6) is -1.66. The summed E-state index contributed by atoms with van der Waals surface area (Å²) >= 11 is 0. The summed E-state index contributed by atoms with van der Waals surface area (Å²) in [6, 6.07) is 3.66. The fourth-order valence-electron chi connectivity index (χ4n) is 5.94. The molecule has 2 saturated heterocycles.